The molecule has 1 atom stereocenters. The summed E-state index contributed by atoms with van der Waals surface area (Å²) in [5.41, 5.74) is 0.810. The highest BCUT2D eigenvalue weighted by Crippen LogP contribution is 2.26. The normalized spacial score (nSPS) is 12.2. The molecule has 2 aromatic carbocycles. The van der Waals surface area contributed by atoms with Crippen LogP contribution < -0.4 is 4.74 Å². The number of ether oxygens (including phenoxy) is 1. The van der Waals surface area contributed by atoms with Gasteiger partial charge in [0, 0.05) is 6.07 Å². The first-order valence-corrected chi connectivity index (χ1v) is 6.26. The molecule has 0 unspecified atom stereocenters. The lowest BCUT2D eigenvalue weighted by atomic mass is 10.1. The fourth-order valence-corrected chi connectivity index (χ4v) is 1.74. The number of hydrogen-bond acceptors (Lipinski definition) is 2. The summed E-state index contributed by atoms with van der Waals surface area (Å²) in [6, 6.07) is 11.6. The Morgan fingerprint density at radius 2 is 1.72 bits per heavy atom. The summed E-state index contributed by atoms with van der Waals surface area (Å²) >= 11 is 3.08. The molecule has 0 saturated heterocycles. The summed E-state index contributed by atoms with van der Waals surface area (Å²) in [5.74, 6) is 0.662. The molecule has 0 amide bonds. The van der Waals surface area contributed by atoms with Gasteiger partial charge < -0.3 is 9.84 Å². The van der Waals surface area contributed by atoms with Crippen molar-refractivity contribution in [3.8, 4) is 11.5 Å². The molecule has 0 saturated carbocycles. The van der Waals surface area contributed by atoms with Gasteiger partial charge in [-0.25, -0.2) is 4.39 Å². The van der Waals surface area contributed by atoms with Gasteiger partial charge in [-0.05, 0) is 52.7 Å². The van der Waals surface area contributed by atoms with Crippen LogP contribution in [-0.2, 0) is 0 Å². The Balaban J connectivity index is 2.15. The van der Waals surface area contributed by atoms with E-state index in [1.165, 1.54) is 6.07 Å². The Morgan fingerprint density at radius 3 is 2.28 bits per heavy atom. The number of benzene rings is 2. The van der Waals surface area contributed by atoms with Gasteiger partial charge in [0.25, 0.3) is 0 Å². The Bertz CT molecular complexity index is 538. The molecule has 94 valence electrons. The quantitative estimate of drug-likeness (QED) is 0.908. The van der Waals surface area contributed by atoms with E-state index in [1.807, 2.05) is 0 Å². The zero-order chi connectivity index (χ0) is 13.1. The van der Waals surface area contributed by atoms with Crippen molar-refractivity contribution in [2.75, 3.05) is 0 Å². The van der Waals surface area contributed by atoms with Gasteiger partial charge in [-0.3, -0.25) is 0 Å². The summed E-state index contributed by atoms with van der Waals surface area (Å²) in [7, 11) is 0. The first-order valence-electron chi connectivity index (χ1n) is 5.47. The third kappa shape index (κ3) is 3.09. The van der Waals surface area contributed by atoms with Crippen LogP contribution in [0.1, 0.15) is 18.6 Å². The predicted octanol–water partition coefficient (Wildman–Crippen LogP) is 4.43. The molecule has 0 aliphatic rings. The molecule has 2 rings (SSSR count). The maximum atomic E-state index is 13.3. The Hall–Kier alpha value is -1.39. The van der Waals surface area contributed by atoms with Crippen molar-refractivity contribution < 1.29 is 14.2 Å². The number of aliphatic hydroxyl groups excluding tert-OH is 1. The van der Waals surface area contributed by atoms with E-state index in [0.29, 0.717) is 16.0 Å². The Morgan fingerprint density at radius 1 is 1.11 bits per heavy atom. The third-order valence-electron chi connectivity index (χ3n) is 2.49. The summed E-state index contributed by atoms with van der Waals surface area (Å²) in [6.07, 6.45) is -0.510. The minimum Gasteiger partial charge on any atom is -0.457 e. The molecule has 4 heteroatoms. The van der Waals surface area contributed by atoms with E-state index < -0.39 is 6.10 Å². The van der Waals surface area contributed by atoms with Crippen LogP contribution in [0, 0.1) is 5.82 Å². The van der Waals surface area contributed by atoms with E-state index in [0.717, 1.165) is 5.56 Å². The van der Waals surface area contributed by atoms with Crippen molar-refractivity contribution in [1.29, 1.82) is 0 Å². The number of hydrogen-bond donors (Lipinski definition) is 1. The summed E-state index contributed by atoms with van der Waals surface area (Å²) in [6.45, 7) is 1.69. The fraction of sp³-hybridized carbons (Fsp3) is 0.143. The van der Waals surface area contributed by atoms with Crippen LogP contribution in [0.5, 0.6) is 11.5 Å². The molecular weight excluding hydrogens is 299 g/mol. The average Bonchev–Trinajstić information content (AvgIpc) is 2.34. The maximum Gasteiger partial charge on any atom is 0.141 e. The van der Waals surface area contributed by atoms with E-state index in [1.54, 1.807) is 43.3 Å². The van der Waals surface area contributed by atoms with Crippen LogP contribution in [0.4, 0.5) is 4.39 Å². The van der Waals surface area contributed by atoms with Crippen LogP contribution in [0.3, 0.4) is 0 Å². The molecule has 18 heavy (non-hydrogen) atoms. The van der Waals surface area contributed by atoms with Crippen molar-refractivity contribution >= 4 is 15.9 Å². The van der Waals surface area contributed by atoms with Gasteiger partial charge in [-0.2, -0.15) is 0 Å². The minimum absolute atomic E-state index is 0.367. The van der Waals surface area contributed by atoms with Crippen molar-refractivity contribution in [3.05, 3.63) is 58.3 Å². The van der Waals surface area contributed by atoms with Crippen LogP contribution >= 0.6 is 15.9 Å². The summed E-state index contributed by atoms with van der Waals surface area (Å²) < 4.78 is 19.2. The van der Waals surface area contributed by atoms with Gasteiger partial charge in [0.15, 0.2) is 0 Å². The van der Waals surface area contributed by atoms with E-state index in [4.69, 9.17) is 4.74 Å². The molecule has 0 fully saturated rings. The smallest absolute Gasteiger partial charge is 0.141 e. The molecule has 0 aliphatic heterocycles. The lowest BCUT2D eigenvalue weighted by Crippen LogP contribution is -1.91. The van der Waals surface area contributed by atoms with Crippen LogP contribution in [0.2, 0.25) is 0 Å². The van der Waals surface area contributed by atoms with Gasteiger partial charge in [-0.15, -0.1) is 0 Å². The topological polar surface area (TPSA) is 29.5 Å². The monoisotopic (exact) mass is 310 g/mol. The van der Waals surface area contributed by atoms with Gasteiger partial charge in [-0.1, -0.05) is 12.1 Å². The van der Waals surface area contributed by atoms with Gasteiger partial charge in [0.05, 0.1) is 10.6 Å². The second-order valence-electron chi connectivity index (χ2n) is 3.92. The predicted molar refractivity (Wildman–Crippen MR) is 71.2 cm³/mol. The molecule has 2 aromatic rings. The van der Waals surface area contributed by atoms with Crippen molar-refractivity contribution in [2.24, 2.45) is 0 Å². The van der Waals surface area contributed by atoms with Gasteiger partial charge in [0.2, 0.25) is 0 Å². The van der Waals surface area contributed by atoms with Crippen molar-refractivity contribution in [3.63, 3.8) is 0 Å². The lowest BCUT2D eigenvalue weighted by molar-refractivity contribution is 0.199. The first-order chi connectivity index (χ1) is 8.56. The maximum absolute atomic E-state index is 13.3. The molecule has 2 nitrogen and oxygen atoms in total. The van der Waals surface area contributed by atoms with E-state index in [9.17, 15) is 9.50 Å². The van der Waals surface area contributed by atoms with Crippen LogP contribution in [0.15, 0.2) is 46.9 Å². The Labute approximate surface area is 113 Å². The highest BCUT2D eigenvalue weighted by molar-refractivity contribution is 9.10. The van der Waals surface area contributed by atoms with Crippen LogP contribution in [0.25, 0.3) is 0 Å². The highest BCUT2D eigenvalue weighted by Gasteiger charge is 2.04. The third-order valence-corrected chi connectivity index (χ3v) is 3.13. The summed E-state index contributed by atoms with van der Waals surface area (Å²) in [4.78, 5) is 0. The van der Waals surface area contributed by atoms with E-state index >= 15 is 0 Å². The molecule has 0 aromatic heterocycles. The Kier molecular flexibility index (Phi) is 3.99. The molecule has 0 bridgehead atoms. The second kappa shape index (κ2) is 5.50. The minimum atomic E-state index is -0.510. The largest absolute Gasteiger partial charge is 0.457 e. The number of aliphatic hydroxyl groups is 1. The average molecular weight is 311 g/mol. The van der Waals surface area contributed by atoms with E-state index in [2.05, 4.69) is 15.9 Å². The second-order valence-corrected chi connectivity index (χ2v) is 4.78. The number of halogens is 2. The van der Waals surface area contributed by atoms with Crippen LogP contribution in [-0.4, -0.2) is 5.11 Å². The highest BCUT2D eigenvalue weighted by atomic mass is 79.9. The number of rotatable bonds is 3. The van der Waals surface area contributed by atoms with Crippen molar-refractivity contribution in [2.45, 2.75) is 13.0 Å². The zero-order valence-corrected chi connectivity index (χ0v) is 11.3. The molecular formula is C14H12BrFO2. The van der Waals surface area contributed by atoms with Gasteiger partial charge in [0.1, 0.15) is 17.3 Å². The molecule has 0 spiro atoms. The lowest BCUT2D eigenvalue weighted by Gasteiger charge is -2.08. The van der Waals surface area contributed by atoms with E-state index in [-0.39, 0.29) is 5.82 Å². The standard InChI is InChI=1S/C14H12BrFO2/c1-9(17)10-2-4-11(5-3-10)18-12-6-7-13(15)14(16)8-12/h2-9,17H,1H3/t9-/m0/s1. The SMILES string of the molecule is C[C@H](O)c1ccc(Oc2ccc(Br)c(F)c2)cc1. The molecule has 0 radical (unpaired) electrons. The van der Waals surface area contributed by atoms with Gasteiger partial charge >= 0.3 is 0 Å². The summed E-state index contributed by atoms with van der Waals surface area (Å²) in [5, 5.41) is 9.38. The fourth-order valence-electron chi connectivity index (χ4n) is 1.49. The zero-order valence-electron chi connectivity index (χ0n) is 9.73. The first kappa shape index (κ1) is 13.1. The molecule has 1 N–H and O–H groups in total. The van der Waals surface area contributed by atoms with Crippen molar-refractivity contribution in [1.82, 2.24) is 0 Å². The molecule has 0 heterocycles. The molecule has 0 aliphatic carbocycles.